The van der Waals surface area contributed by atoms with Gasteiger partial charge in [0.2, 0.25) is 0 Å². The summed E-state index contributed by atoms with van der Waals surface area (Å²) < 4.78 is 36.5. The predicted octanol–water partition coefficient (Wildman–Crippen LogP) is 8.96. The number of benzene rings is 2. The zero-order chi connectivity index (χ0) is 49.4. The average molecular weight is 982 g/mol. The van der Waals surface area contributed by atoms with E-state index in [1.807, 2.05) is 25.1 Å². The number of nitrogens with zero attached hydrogens (tertiary/aromatic N) is 2. The van der Waals surface area contributed by atoms with Gasteiger partial charge in [0.1, 0.15) is 11.5 Å². The first kappa shape index (κ1) is 54.9. The Balaban J connectivity index is 0.000000380. The number of hydrogen-bond donors (Lipinski definition) is 1. The number of anilines is 1. The second kappa shape index (κ2) is 26.3. The largest absolute Gasteiger partial charge is 0.490 e. The Morgan fingerprint density at radius 1 is 0.985 bits per heavy atom. The molecule has 5 aliphatic carbocycles. The number of aliphatic hydroxyl groups is 1. The van der Waals surface area contributed by atoms with Crippen LogP contribution in [0.25, 0.3) is 0 Å². The van der Waals surface area contributed by atoms with Gasteiger partial charge in [-0.15, -0.1) is 0 Å². The lowest BCUT2D eigenvalue weighted by atomic mass is 9.68. The molecule has 0 aromatic heterocycles. The zero-order valence-corrected chi connectivity index (χ0v) is 42.2. The van der Waals surface area contributed by atoms with Gasteiger partial charge in [-0.1, -0.05) is 63.4 Å². The van der Waals surface area contributed by atoms with Crippen LogP contribution in [0.15, 0.2) is 52.9 Å². The van der Waals surface area contributed by atoms with Gasteiger partial charge in [-0.25, -0.2) is 4.21 Å². The highest BCUT2D eigenvalue weighted by Gasteiger charge is 2.45. The lowest BCUT2D eigenvalue weighted by molar-refractivity contribution is -0.193. The summed E-state index contributed by atoms with van der Waals surface area (Å²) in [5, 5.41) is 9.26. The van der Waals surface area contributed by atoms with Crippen LogP contribution in [0.5, 0.6) is 5.75 Å². The van der Waals surface area contributed by atoms with Gasteiger partial charge in [0, 0.05) is 68.7 Å². The molecule has 0 saturated heterocycles. The number of ketones is 1. The maximum Gasteiger partial charge on any atom is 0.373 e. The van der Waals surface area contributed by atoms with Gasteiger partial charge in [0.15, 0.2) is 0 Å². The van der Waals surface area contributed by atoms with Crippen molar-refractivity contribution in [1.29, 1.82) is 0 Å². The standard InChI is InChI=1S/C40H51ClN2O5S.C6H12O.C5H10O.2CO2/c1-4-27-17-31(27)19-33(44)23-49(46)22-26(2)7-5-9-37(47-3)34-13-10-30(34)21-43-24-40(16-6-8-28-18-32(41)12-14-35(28)40)25-48-38-15-11-29(20-36(38)43)39(45)42-49;1-2-5-3-6(5)4-7;1-6-4-5-2-3-5;2*2-1-3/h5,9,11-12,14-15,18,20,26-27,30-31,34,37H,4,6-8,10,13,16-17,19,21-25H2,1-3H3;5-7H,2-4H2,1H3;5H,2-4H2,1H3;;/b9-5+;;;;/t26-,27-,30-,31+,34+,37-,40-,49+;5-,6+;;;/m00.../s1. The lowest BCUT2D eigenvalue weighted by Crippen LogP contribution is -2.49. The first-order chi connectivity index (χ1) is 32.7. The van der Waals surface area contributed by atoms with Crippen molar-refractivity contribution in [2.24, 2.45) is 51.7 Å². The summed E-state index contributed by atoms with van der Waals surface area (Å²) in [7, 11) is 0.423. The fourth-order valence-corrected chi connectivity index (χ4v) is 13.2. The Morgan fingerprint density at radius 3 is 2.26 bits per heavy atom. The van der Waals surface area contributed by atoms with Gasteiger partial charge in [0.25, 0.3) is 5.91 Å². The molecule has 4 fully saturated rings. The molecule has 4 saturated carbocycles. The summed E-state index contributed by atoms with van der Waals surface area (Å²) in [6, 6.07) is 11.8. The number of hydrogen-bond acceptors (Lipinski definition) is 12. The molecular formula is C53H73ClN2O11S. The van der Waals surface area contributed by atoms with E-state index in [9.17, 15) is 13.8 Å². The first-order valence-corrected chi connectivity index (χ1v) is 26.8. The second-order valence-electron chi connectivity index (χ2n) is 20.1. The molecule has 374 valence electrons. The van der Waals surface area contributed by atoms with Crippen LogP contribution in [0.2, 0.25) is 5.02 Å². The van der Waals surface area contributed by atoms with Crippen LogP contribution in [-0.4, -0.2) is 98.0 Å². The third-order valence-electron chi connectivity index (χ3n) is 15.0. The van der Waals surface area contributed by atoms with Crippen LogP contribution in [0.3, 0.4) is 0 Å². The highest BCUT2D eigenvalue weighted by Crippen LogP contribution is 2.48. The van der Waals surface area contributed by atoms with E-state index in [1.165, 1.54) is 36.8 Å². The molecule has 1 N–H and O–H groups in total. The van der Waals surface area contributed by atoms with E-state index >= 15 is 0 Å². The van der Waals surface area contributed by atoms with E-state index in [0.29, 0.717) is 61.2 Å². The van der Waals surface area contributed by atoms with Crippen LogP contribution >= 0.6 is 11.6 Å². The molecule has 2 aromatic rings. The van der Waals surface area contributed by atoms with Crippen molar-refractivity contribution in [3.05, 3.63) is 70.3 Å². The minimum atomic E-state index is -3.13. The maximum atomic E-state index is 14.5. The molecule has 7 aliphatic rings. The molecule has 1 spiro atoms. The number of fused-ring (bicyclic) bond motifs is 4. The number of allylic oxidation sites excluding steroid dienone is 1. The van der Waals surface area contributed by atoms with Crippen molar-refractivity contribution in [2.45, 2.75) is 116 Å². The third-order valence-corrected chi connectivity index (χ3v) is 17.6. The number of ether oxygens (including phenoxy) is 3. The van der Waals surface area contributed by atoms with Crippen molar-refractivity contribution in [1.82, 2.24) is 0 Å². The fraction of sp³-hybridized carbons (Fsp3) is 0.660. The molecule has 2 aromatic carbocycles. The Hall–Kier alpha value is -4.00. The normalized spacial score (nSPS) is 31.2. The van der Waals surface area contributed by atoms with E-state index in [1.54, 1.807) is 20.3 Å². The summed E-state index contributed by atoms with van der Waals surface area (Å²) in [5.41, 5.74) is 3.61. The highest BCUT2D eigenvalue weighted by molar-refractivity contribution is 7.94. The number of aliphatic hydroxyl groups excluding tert-OH is 1. The van der Waals surface area contributed by atoms with Crippen LogP contribution < -0.4 is 9.64 Å². The van der Waals surface area contributed by atoms with Crippen molar-refractivity contribution in [3.63, 3.8) is 0 Å². The summed E-state index contributed by atoms with van der Waals surface area (Å²) in [6.07, 6.45) is 18.6. The number of amides is 1. The molecule has 2 bridgehead atoms. The fourth-order valence-electron chi connectivity index (χ4n) is 10.7. The molecule has 0 radical (unpaired) electrons. The van der Waals surface area contributed by atoms with E-state index < -0.39 is 15.6 Å². The number of aryl methyl sites for hydroxylation is 1. The Labute approximate surface area is 408 Å². The Bertz CT molecular complexity index is 2210. The summed E-state index contributed by atoms with van der Waals surface area (Å²) >= 11 is 6.46. The third kappa shape index (κ3) is 15.5. The van der Waals surface area contributed by atoms with Gasteiger partial charge >= 0.3 is 12.3 Å². The zero-order valence-electron chi connectivity index (χ0n) is 40.7. The van der Waals surface area contributed by atoms with Gasteiger partial charge in [-0.2, -0.15) is 23.5 Å². The number of rotatable bonds is 10. The van der Waals surface area contributed by atoms with Crippen molar-refractivity contribution in [3.8, 4) is 5.75 Å². The van der Waals surface area contributed by atoms with Gasteiger partial charge in [-0.05, 0) is 153 Å². The number of halogens is 1. The SMILES string of the molecule is CC[C@H]1C[C@@H]1CC(=O)C[S@@]1(=O)=NC(=O)c2ccc3c(c2)N(C[C@@H]2CC[C@H]2[C@@H](OC)/C=C/C[C@H](C)C1)C[C@@]1(CCCc2cc(Cl)ccc21)CO3.CC[C@H]1C[C@@H]1CO.COCC1CC1.O=C=O.O=C=O. The smallest absolute Gasteiger partial charge is 0.373 e. The van der Waals surface area contributed by atoms with Crippen LogP contribution in [-0.2, 0) is 55.0 Å². The topological polar surface area (TPSA) is 183 Å². The summed E-state index contributed by atoms with van der Waals surface area (Å²) in [4.78, 5) is 62.1. The maximum absolute atomic E-state index is 14.5. The minimum absolute atomic E-state index is 0.0124. The van der Waals surface area contributed by atoms with Crippen LogP contribution in [0.4, 0.5) is 5.69 Å². The monoisotopic (exact) mass is 980 g/mol. The number of methoxy groups -OCH3 is 2. The van der Waals surface area contributed by atoms with Gasteiger partial charge in [-0.3, -0.25) is 9.59 Å². The van der Waals surface area contributed by atoms with E-state index in [-0.39, 0.29) is 47.0 Å². The highest BCUT2D eigenvalue weighted by atomic mass is 35.5. The number of carbonyl (C=O) groups excluding carboxylic acids is 6. The van der Waals surface area contributed by atoms with E-state index in [4.69, 9.17) is 50.1 Å². The summed E-state index contributed by atoms with van der Waals surface area (Å²) in [5.74, 6) is 4.40. The summed E-state index contributed by atoms with van der Waals surface area (Å²) in [6.45, 7) is 9.87. The van der Waals surface area contributed by atoms with E-state index in [2.05, 4.69) is 47.4 Å². The first-order valence-electron chi connectivity index (χ1n) is 24.6. The molecule has 10 atom stereocenters. The lowest BCUT2D eigenvalue weighted by Gasteiger charge is -2.46. The molecule has 0 unspecified atom stereocenters. The van der Waals surface area contributed by atoms with Crippen molar-refractivity contribution < 1.29 is 52.3 Å². The van der Waals surface area contributed by atoms with E-state index in [0.717, 1.165) is 92.9 Å². The number of Topliss-reactive ketones (excluding diaryl/α,β-unsaturated/α-hetero) is 1. The average Bonchev–Trinajstić information content (AvgIpc) is 4.19. The second-order valence-corrected chi connectivity index (χ2v) is 22.8. The van der Waals surface area contributed by atoms with Crippen LogP contribution in [0, 0.1) is 47.3 Å². The Kier molecular flexibility index (Phi) is 21.2. The Morgan fingerprint density at radius 2 is 1.69 bits per heavy atom. The molecule has 2 aliphatic heterocycles. The molecular weight excluding hydrogens is 908 g/mol. The van der Waals surface area contributed by atoms with Crippen molar-refractivity contribution in [2.75, 3.05) is 63.5 Å². The number of carbonyl (C=O) groups is 2. The molecule has 15 heteroatoms. The van der Waals surface area contributed by atoms with Gasteiger partial charge in [0.05, 0.1) is 33.9 Å². The minimum Gasteiger partial charge on any atom is -0.490 e. The molecule has 13 nitrogen and oxygen atoms in total. The quantitative estimate of drug-likeness (QED) is 0.224. The molecule has 1 amide bonds. The van der Waals surface area contributed by atoms with Gasteiger partial charge < -0.3 is 24.2 Å². The van der Waals surface area contributed by atoms with Crippen molar-refractivity contribution >= 4 is 51.0 Å². The predicted molar refractivity (Wildman–Crippen MR) is 260 cm³/mol. The molecule has 2 heterocycles. The van der Waals surface area contributed by atoms with Crippen LogP contribution in [0.1, 0.15) is 119 Å². The molecule has 9 rings (SSSR count). The molecule has 68 heavy (non-hydrogen) atoms.